The molecule has 2 N–H and O–H groups in total. The van der Waals surface area contributed by atoms with Crippen LogP contribution < -0.4 is 5.14 Å². The van der Waals surface area contributed by atoms with Crippen molar-refractivity contribution in [2.45, 2.75) is 43.4 Å². The summed E-state index contributed by atoms with van der Waals surface area (Å²) in [5.74, 6) is 1.32. The Kier molecular flexibility index (Phi) is 3.72. The molecule has 1 spiro atoms. The Morgan fingerprint density at radius 3 is 2.57 bits per heavy atom. The molecular formula is C19H21N5O3S. The summed E-state index contributed by atoms with van der Waals surface area (Å²) in [4.78, 5) is 4.65. The van der Waals surface area contributed by atoms with Crippen molar-refractivity contribution in [1.29, 1.82) is 5.26 Å². The number of hydrogen-bond donors (Lipinski definition) is 1. The number of rotatable bonds is 4. The van der Waals surface area contributed by atoms with E-state index >= 15 is 0 Å². The molecule has 28 heavy (non-hydrogen) atoms. The van der Waals surface area contributed by atoms with Gasteiger partial charge in [0.15, 0.2) is 5.82 Å². The third-order valence-corrected chi connectivity index (χ3v) is 7.74. The van der Waals surface area contributed by atoms with Crippen LogP contribution in [0, 0.1) is 16.7 Å². The van der Waals surface area contributed by atoms with Crippen molar-refractivity contribution < 1.29 is 12.9 Å². The normalized spacial score (nSPS) is 25.4. The lowest BCUT2D eigenvalue weighted by molar-refractivity contribution is 0.249. The quantitative estimate of drug-likeness (QED) is 0.838. The van der Waals surface area contributed by atoms with Crippen molar-refractivity contribution in [3.8, 4) is 17.5 Å². The minimum atomic E-state index is -3.62. The molecule has 2 saturated carbocycles. The highest BCUT2D eigenvalue weighted by Crippen LogP contribution is 2.64. The zero-order chi connectivity index (χ0) is 19.6. The van der Waals surface area contributed by atoms with E-state index in [0.29, 0.717) is 24.8 Å². The molecule has 0 bridgehead atoms. The SMILES string of the molecule is N#CC1(c2ccccc2-c2nc([C@@H]3CC34CCN(S(N)(=O)=O)CC4)no2)CC1. The third kappa shape index (κ3) is 2.75. The zero-order valence-electron chi connectivity index (χ0n) is 15.3. The summed E-state index contributed by atoms with van der Waals surface area (Å²) in [5.41, 5.74) is 1.41. The van der Waals surface area contributed by atoms with Crippen LogP contribution in [0.25, 0.3) is 11.5 Å². The molecule has 1 atom stereocenters. The number of nitriles is 1. The van der Waals surface area contributed by atoms with Gasteiger partial charge in [-0.25, -0.2) is 5.14 Å². The Balaban J connectivity index is 1.36. The van der Waals surface area contributed by atoms with Crippen LogP contribution in [0.15, 0.2) is 28.8 Å². The lowest BCUT2D eigenvalue weighted by Crippen LogP contribution is -2.43. The van der Waals surface area contributed by atoms with E-state index in [9.17, 15) is 13.7 Å². The highest BCUT2D eigenvalue weighted by Gasteiger charge is 2.58. The van der Waals surface area contributed by atoms with Crippen LogP contribution in [0.1, 0.15) is 49.4 Å². The molecule has 1 aromatic carbocycles. The Labute approximate surface area is 163 Å². The first-order chi connectivity index (χ1) is 13.4. The minimum Gasteiger partial charge on any atom is -0.334 e. The van der Waals surface area contributed by atoms with Crippen LogP contribution in [0.5, 0.6) is 0 Å². The maximum atomic E-state index is 11.5. The summed E-state index contributed by atoms with van der Waals surface area (Å²) < 4.78 is 29.9. The van der Waals surface area contributed by atoms with Gasteiger partial charge in [-0.2, -0.15) is 23.0 Å². The average Bonchev–Trinajstić information content (AvgIpc) is 3.57. The van der Waals surface area contributed by atoms with Crippen molar-refractivity contribution in [2.75, 3.05) is 13.1 Å². The van der Waals surface area contributed by atoms with Gasteiger partial charge in [0.25, 0.3) is 16.1 Å². The molecule has 2 heterocycles. The molecule has 0 amide bonds. The van der Waals surface area contributed by atoms with Crippen molar-refractivity contribution >= 4 is 10.2 Å². The molecule has 3 fully saturated rings. The summed E-state index contributed by atoms with van der Waals surface area (Å²) in [6, 6.07) is 10.2. The van der Waals surface area contributed by atoms with Gasteiger partial charge in [0.1, 0.15) is 0 Å². The van der Waals surface area contributed by atoms with E-state index in [2.05, 4.69) is 16.2 Å². The Morgan fingerprint density at radius 2 is 1.93 bits per heavy atom. The third-order valence-electron chi connectivity index (χ3n) is 6.66. The van der Waals surface area contributed by atoms with E-state index in [1.165, 1.54) is 4.31 Å². The zero-order valence-corrected chi connectivity index (χ0v) is 16.2. The van der Waals surface area contributed by atoms with Crippen LogP contribution >= 0.6 is 0 Å². The fourth-order valence-electron chi connectivity index (χ4n) is 4.59. The molecule has 0 unspecified atom stereocenters. The van der Waals surface area contributed by atoms with E-state index in [1.54, 1.807) is 0 Å². The van der Waals surface area contributed by atoms with Gasteiger partial charge in [-0.1, -0.05) is 23.4 Å². The lowest BCUT2D eigenvalue weighted by atomic mass is 9.91. The number of nitrogens with two attached hydrogens (primary N) is 1. The van der Waals surface area contributed by atoms with Gasteiger partial charge in [-0.05, 0) is 49.1 Å². The second-order valence-corrected chi connectivity index (χ2v) is 9.81. The highest BCUT2D eigenvalue weighted by molar-refractivity contribution is 7.86. The summed E-state index contributed by atoms with van der Waals surface area (Å²) in [7, 11) is -3.62. The molecule has 9 heteroatoms. The molecule has 5 rings (SSSR count). The van der Waals surface area contributed by atoms with E-state index in [1.807, 2.05) is 24.3 Å². The topological polar surface area (TPSA) is 126 Å². The second-order valence-electron chi connectivity index (χ2n) is 8.26. The molecule has 1 aromatic heterocycles. The monoisotopic (exact) mass is 399 g/mol. The predicted octanol–water partition coefficient (Wildman–Crippen LogP) is 2.06. The number of hydrogen-bond acceptors (Lipinski definition) is 6. The predicted molar refractivity (Wildman–Crippen MR) is 100.0 cm³/mol. The molecule has 3 aliphatic rings. The largest absolute Gasteiger partial charge is 0.334 e. The minimum absolute atomic E-state index is 0.0478. The summed E-state index contributed by atoms with van der Waals surface area (Å²) >= 11 is 0. The maximum Gasteiger partial charge on any atom is 0.276 e. The molecular weight excluding hydrogens is 378 g/mol. The first-order valence-electron chi connectivity index (χ1n) is 9.50. The lowest BCUT2D eigenvalue weighted by Gasteiger charge is -2.30. The first-order valence-corrected chi connectivity index (χ1v) is 11.0. The number of nitrogens with zero attached hydrogens (tertiary/aromatic N) is 4. The van der Waals surface area contributed by atoms with Crippen LogP contribution in [0.3, 0.4) is 0 Å². The molecule has 1 aliphatic heterocycles. The van der Waals surface area contributed by atoms with Crippen LogP contribution in [0.2, 0.25) is 0 Å². The van der Waals surface area contributed by atoms with Crippen molar-refractivity contribution in [3.63, 3.8) is 0 Å². The van der Waals surface area contributed by atoms with Crippen LogP contribution in [-0.2, 0) is 15.6 Å². The molecule has 0 radical (unpaired) electrons. The average molecular weight is 399 g/mol. The smallest absolute Gasteiger partial charge is 0.276 e. The molecule has 146 valence electrons. The standard InChI is InChI=1S/C19H21N5O3S/c20-12-19(5-6-19)14-4-2-1-3-13(14)17-22-16(23-27-17)15-11-18(15)7-9-24(10-8-18)28(21,25)26/h1-4,15H,5-11H2,(H2,21,25,26)/t15-/m0/s1. The summed E-state index contributed by atoms with van der Waals surface area (Å²) in [6.45, 7) is 0.876. The number of aromatic nitrogens is 2. The van der Waals surface area contributed by atoms with E-state index in [0.717, 1.165) is 43.2 Å². The second kappa shape index (κ2) is 5.86. The molecule has 2 aliphatic carbocycles. The maximum absolute atomic E-state index is 11.5. The Hall–Kier alpha value is -2.28. The molecule has 2 aromatic rings. The molecule has 1 saturated heterocycles. The summed E-state index contributed by atoms with van der Waals surface area (Å²) in [5, 5.41) is 19.0. The van der Waals surface area contributed by atoms with Crippen LogP contribution in [-0.4, -0.2) is 36.0 Å². The highest BCUT2D eigenvalue weighted by atomic mass is 32.2. The van der Waals surface area contributed by atoms with Crippen LogP contribution in [0.4, 0.5) is 0 Å². The number of benzene rings is 1. The van der Waals surface area contributed by atoms with E-state index in [-0.39, 0.29) is 11.3 Å². The fourth-order valence-corrected chi connectivity index (χ4v) is 5.28. The van der Waals surface area contributed by atoms with Crippen molar-refractivity contribution in [2.24, 2.45) is 10.6 Å². The Morgan fingerprint density at radius 1 is 1.21 bits per heavy atom. The molecule has 8 nitrogen and oxygen atoms in total. The van der Waals surface area contributed by atoms with Crippen molar-refractivity contribution in [3.05, 3.63) is 35.7 Å². The number of piperidine rings is 1. The first kappa shape index (κ1) is 17.8. The van der Waals surface area contributed by atoms with E-state index < -0.39 is 15.6 Å². The van der Waals surface area contributed by atoms with Gasteiger partial charge in [0.05, 0.1) is 11.5 Å². The van der Waals surface area contributed by atoms with Gasteiger partial charge in [0, 0.05) is 24.6 Å². The van der Waals surface area contributed by atoms with Gasteiger partial charge < -0.3 is 4.52 Å². The van der Waals surface area contributed by atoms with Gasteiger partial charge >= 0.3 is 0 Å². The van der Waals surface area contributed by atoms with E-state index in [4.69, 9.17) is 9.66 Å². The van der Waals surface area contributed by atoms with Gasteiger partial charge in [-0.15, -0.1) is 0 Å². The van der Waals surface area contributed by atoms with Gasteiger partial charge in [-0.3, -0.25) is 0 Å². The van der Waals surface area contributed by atoms with Crippen molar-refractivity contribution in [1.82, 2.24) is 14.4 Å². The van der Waals surface area contributed by atoms with Gasteiger partial charge in [0.2, 0.25) is 0 Å². The fraction of sp³-hybridized carbons (Fsp3) is 0.526. The Bertz CT molecular complexity index is 1070. The summed E-state index contributed by atoms with van der Waals surface area (Å²) in [6.07, 6.45) is 4.16.